The Morgan fingerprint density at radius 3 is 2.68 bits per heavy atom. The second-order valence-corrected chi connectivity index (χ2v) is 8.71. The number of amides is 1. The fraction of sp³-hybridized carbons (Fsp3) is 0.375. The van der Waals surface area contributed by atoms with Crippen LogP contribution in [0.4, 0.5) is 23.5 Å². The highest BCUT2D eigenvalue weighted by molar-refractivity contribution is 5.97. The number of hydrogen-bond acceptors (Lipinski definition) is 5. The molecule has 1 amide bonds. The molecule has 1 saturated heterocycles. The monoisotopic (exact) mass is 475 g/mol. The van der Waals surface area contributed by atoms with Crippen LogP contribution in [0.1, 0.15) is 54.2 Å². The van der Waals surface area contributed by atoms with Gasteiger partial charge >= 0.3 is 6.18 Å². The molecule has 0 aliphatic carbocycles. The third-order valence-electron chi connectivity index (χ3n) is 5.71. The summed E-state index contributed by atoms with van der Waals surface area (Å²) in [5.41, 5.74) is 0.292. The van der Waals surface area contributed by atoms with E-state index in [9.17, 15) is 22.4 Å². The van der Waals surface area contributed by atoms with Crippen molar-refractivity contribution in [2.45, 2.75) is 51.0 Å². The third-order valence-corrected chi connectivity index (χ3v) is 5.71. The third kappa shape index (κ3) is 5.44. The predicted molar refractivity (Wildman–Crippen MR) is 121 cm³/mol. The molecular weight excluding hydrogens is 450 g/mol. The summed E-state index contributed by atoms with van der Waals surface area (Å²) >= 11 is 0. The summed E-state index contributed by atoms with van der Waals surface area (Å²) in [5, 5.41) is 10.1. The van der Waals surface area contributed by atoms with Gasteiger partial charge < -0.3 is 16.0 Å². The number of carbonyl (C=O) groups is 1. The highest BCUT2D eigenvalue weighted by atomic mass is 19.4. The molecule has 10 heteroatoms. The fourth-order valence-electron chi connectivity index (χ4n) is 4.03. The summed E-state index contributed by atoms with van der Waals surface area (Å²) in [7, 11) is 0. The van der Waals surface area contributed by atoms with Gasteiger partial charge in [-0.15, -0.1) is 0 Å². The standard InChI is InChI=1S/C24H25F4N5O/c1-13(2)31-23-30-11-16-4-3-15(10-21(16)33-23)22(34)29-12-17-6-8-20(32-17)14-5-7-18(19(25)9-14)24(26,27)28/h3-5,7,9-11,13,17,20,32H,6,8,12H2,1-2H3,(H,29,34)(H,30,31,33)/t17?,20-/m1/s1. The molecular formula is C24H25F4N5O. The second kappa shape index (κ2) is 9.54. The van der Waals surface area contributed by atoms with Crippen molar-refractivity contribution in [1.82, 2.24) is 20.6 Å². The minimum atomic E-state index is -4.72. The van der Waals surface area contributed by atoms with Crippen LogP contribution in [0.25, 0.3) is 10.9 Å². The Morgan fingerprint density at radius 2 is 1.97 bits per heavy atom. The van der Waals surface area contributed by atoms with Gasteiger partial charge in [0.1, 0.15) is 5.82 Å². The summed E-state index contributed by atoms with van der Waals surface area (Å²) in [4.78, 5) is 21.4. The van der Waals surface area contributed by atoms with Crippen molar-refractivity contribution in [2.24, 2.45) is 0 Å². The topological polar surface area (TPSA) is 78.9 Å². The molecule has 2 heterocycles. The first-order chi connectivity index (χ1) is 16.1. The average molecular weight is 475 g/mol. The van der Waals surface area contributed by atoms with Gasteiger partial charge in [0.2, 0.25) is 5.95 Å². The van der Waals surface area contributed by atoms with Crippen molar-refractivity contribution in [2.75, 3.05) is 11.9 Å². The normalized spacial score (nSPS) is 18.4. The van der Waals surface area contributed by atoms with Crippen LogP contribution in [0, 0.1) is 5.82 Å². The van der Waals surface area contributed by atoms with Crippen molar-refractivity contribution in [3.63, 3.8) is 0 Å². The van der Waals surface area contributed by atoms with Gasteiger partial charge in [0.15, 0.2) is 0 Å². The lowest BCUT2D eigenvalue weighted by atomic mass is 10.0. The molecule has 34 heavy (non-hydrogen) atoms. The van der Waals surface area contributed by atoms with Crippen LogP contribution in [0.15, 0.2) is 42.6 Å². The lowest BCUT2D eigenvalue weighted by Crippen LogP contribution is -2.37. The Labute approximate surface area is 194 Å². The maximum atomic E-state index is 13.9. The molecule has 6 nitrogen and oxygen atoms in total. The van der Waals surface area contributed by atoms with Crippen molar-refractivity contribution in [3.05, 3.63) is 65.1 Å². The van der Waals surface area contributed by atoms with Crippen LogP contribution in [-0.2, 0) is 6.18 Å². The zero-order valence-corrected chi connectivity index (χ0v) is 18.7. The Morgan fingerprint density at radius 1 is 1.18 bits per heavy atom. The molecule has 0 spiro atoms. The van der Waals surface area contributed by atoms with Crippen molar-refractivity contribution >= 4 is 22.8 Å². The number of anilines is 1. The summed E-state index contributed by atoms with van der Waals surface area (Å²) in [6, 6.07) is 8.00. The number of nitrogens with zero attached hydrogens (tertiary/aromatic N) is 2. The number of carbonyl (C=O) groups excluding carboxylic acids is 1. The van der Waals surface area contributed by atoms with E-state index >= 15 is 0 Å². The first kappa shape index (κ1) is 23.9. The summed E-state index contributed by atoms with van der Waals surface area (Å²) in [6.07, 6.45) is -1.70. The Balaban J connectivity index is 1.36. The van der Waals surface area contributed by atoms with E-state index < -0.39 is 17.6 Å². The number of aromatic nitrogens is 2. The van der Waals surface area contributed by atoms with Gasteiger partial charge in [0.25, 0.3) is 5.91 Å². The van der Waals surface area contributed by atoms with Gasteiger partial charge in [-0.2, -0.15) is 13.2 Å². The Bertz CT molecular complexity index is 1200. The van der Waals surface area contributed by atoms with Gasteiger partial charge in [-0.05, 0) is 56.5 Å². The van der Waals surface area contributed by atoms with Crippen LogP contribution in [-0.4, -0.2) is 34.5 Å². The van der Waals surface area contributed by atoms with Gasteiger partial charge in [-0.3, -0.25) is 4.79 Å². The fourth-order valence-corrected chi connectivity index (χ4v) is 4.03. The SMILES string of the molecule is CC(C)Nc1ncc2ccc(C(=O)NCC3CC[C@H](c4ccc(C(F)(F)F)c(F)c4)N3)cc2n1. The van der Waals surface area contributed by atoms with Crippen LogP contribution in [0.2, 0.25) is 0 Å². The number of fused-ring (bicyclic) bond motifs is 1. The van der Waals surface area contributed by atoms with Crippen LogP contribution < -0.4 is 16.0 Å². The zero-order chi connectivity index (χ0) is 24.5. The maximum absolute atomic E-state index is 13.9. The van der Waals surface area contributed by atoms with E-state index in [1.807, 2.05) is 13.8 Å². The van der Waals surface area contributed by atoms with Crippen LogP contribution in [0.5, 0.6) is 0 Å². The molecule has 4 rings (SSSR count). The summed E-state index contributed by atoms with van der Waals surface area (Å²) in [6.45, 7) is 4.29. The largest absolute Gasteiger partial charge is 0.419 e. The van der Waals surface area contributed by atoms with Crippen molar-refractivity contribution < 1.29 is 22.4 Å². The number of nitrogens with one attached hydrogen (secondary N) is 3. The Kier molecular flexibility index (Phi) is 6.70. The average Bonchev–Trinajstić information content (AvgIpc) is 3.24. The summed E-state index contributed by atoms with van der Waals surface area (Å²) in [5.74, 6) is -1.05. The van der Waals surface area contributed by atoms with E-state index in [1.165, 1.54) is 6.07 Å². The zero-order valence-electron chi connectivity index (χ0n) is 18.7. The maximum Gasteiger partial charge on any atom is 0.419 e. The molecule has 1 aliphatic rings. The number of benzene rings is 2. The van der Waals surface area contributed by atoms with Crippen LogP contribution in [0.3, 0.4) is 0 Å². The molecule has 1 fully saturated rings. The van der Waals surface area contributed by atoms with E-state index in [0.29, 0.717) is 42.0 Å². The minimum Gasteiger partial charge on any atom is -0.352 e. The van der Waals surface area contributed by atoms with Crippen molar-refractivity contribution in [1.29, 1.82) is 0 Å². The number of rotatable bonds is 6. The molecule has 1 unspecified atom stereocenters. The number of alkyl halides is 3. The smallest absolute Gasteiger partial charge is 0.352 e. The molecule has 1 aliphatic heterocycles. The molecule has 0 bridgehead atoms. The van der Waals surface area contributed by atoms with Gasteiger partial charge in [-0.25, -0.2) is 14.4 Å². The Hall–Kier alpha value is -3.27. The molecule has 0 saturated carbocycles. The van der Waals surface area contributed by atoms with Crippen molar-refractivity contribution in [3.8, 4) is 0 Å². The van der Waals surface area contributed by atoms with E-state index in [2.05, 4.69) is 25.9 Å². The number of halogens is 4. The first-order valence-electron chi connectivity index (χ1n) is 11.0. The molecule has 2 aromatic carbocycles. The van der Waals surface area contributed by atoms with Gasteiger partial charge in [0, 0.05) is 41.8 Å². The van der Waals surface area contributed by atoms with E-state index in [4.69, 9.17) is 0 Å². The second-order valence-electron chi connectivity index (χ2n) is 8.71. The van der Waals surface area contributed by atoms with Gasteiger partial charge in [0.05, 0.1) is 11.1 Å². The molecule has 3 aromatic rings. The molecule has 3 N–H and O–H groups in total. The highest BCUT2D eigenvalue weighted by Gasteiger charge is 2.35. The minimum absolute atomic E-state index is 0.0797. The lowest BCUT2D eigenvalue weighted by molar-refractivity contribution is -0.140. The quantitative estimate of drug-likeness (QED) is 0.445. The summed E-state index contributed by atoms with van der Waals surface area (Å²) < 4.78 is 52.3. The molecule has 1 aromatic heterocycles. The molecule has 2 atom stereocenters. The van der Waals surface area contributed by atoms with E-state index in [0.717, 1.165) is 17.5 Å². The molecule has 0 radical (unpaired) electrons. The van der Waals surface area contributed by atoms with E-state index in [-0.39, 0.29) is 24.0 Å². The molecule has 180 valence electrons. The predicted octanol–water partition coefficient (Wildman–Crippen LogP) is 4.83. The van der Waals surface area contributed by atoms with E-state index in [1.54, 1.807) is 24.4 Å². The number of hydrogen-bond donors (Lipinski definition) is 3. The van der Waals surface area contributed by atoms with Gasteiger partial charge in [-0.1, -0.05) is 12.1 Å². The first-order valence-corrected chi connectivity index (χ1v) is 11.0. The van der Waals surface area contributed by atoms with Crippen LogP contribution >= 0.6 is 0 Å². The lowest BCUT2D eigenvalue weighted by Gasteiger charge is -2.17. The highest BCUT2D eigenvalue weighted by Crippen LogP contribution is 2.34.